The van der Waals surface area contributed by atoms with E-state index in [2.05, 4.69) is 0 Å². The van der Waals surface area contributed by atoms with Crippen LogP contribution in [0.15, 0.2) is 0 Å². The van der Waals surface area contributed by atoms with Crippen LogP contribution in [-0.4, -0.2) is 137 Å². The average molecular weight is 348 g/mol. The Morgan fingerprint density at radius 3 is 0.542 bits per heavy atom. The highest BCUT2D eigenvalue weighted by molar-refractivity contribution is 5.15. The fraction of sp³-hybridized carbons (Fsp3) is 1.00. The monoisotopic (exact) mass is 348 g/mol. The number of aliphatic hydroxyl groups excluding tert-OH is 6. The summed E-state index contributed by atoms with van der Waals surface area (Å²) in [5.41, 5.74) is 0. The summed E-state index contributed by atoms with van der Waals surface area (Å²) in [5, 5.41) is 59.6. The normalized spacial score (nSPS) is 44.2. The van der Waals surface area contributed by atoms with Crippen LogP contribution in [0.4, 0.5) is 0 Å². The maximum atomic E-state index is 9.96. The number of hydrogen-bond acceptors (Lipinski definition) is 12. The van der Waals surface area contributed by atoms with E-state index in [-0.39, 0.29) is 40.4 Å². The molecule has 0 amide bonds. The van der Waals surface area contributed by atoms with E-state index in [4.69, 9.17) is 0 Å². The Kier molecular flexibility index (Phi) is 4.28. The molecule has 5 aliphatic rings. The molecular formula is C12H24N6O6. The van der Waals surface area contributed by atoms with Crippen LogP contribution in [0.2, 0.25) is 0 Å². The van der Waals surface area contributed by atoms with Crippen molar-refractivity contribution in [3.05, 3.63) is 0 Å². The zero-order valence-corrected chi connectivity index (χ0v) is 13.1. The molecule has 5 aliphatic heterocycles. The van der Waals surface area contributed by atoms with Crippen LogP contribution in [0.3, 0.4) is 0 Å². The summed E-state index contributed by atoms with van der Waals surface area (Å²) in [6.07, 6.45) is -2.91. The minimum absolute atomic E-state index is 0.327. The smallest absolute Gasteiger partial charge is 0.0987 e. The number of aliphatic hydroxyl groups is 6. The van der Waals surface area contributed by atoms with Crippen molar-refractivity contribution in [2.75, 3.05) is 40.4 Å². The van der Waals surface area contributed by atoms with Gasteiger partial charge in [-0.15, -0.1) is 0 Å². The van der Waals surface area contributed by atoms with Crippen molar-refractivity contribution in [3.8, 4) is 0 Å². The van der Waals surface area contributed by atoms with Crippen molar-refractivity contribution in [2.24, 2.45) is 0 Å². The van der Waals surface area contributed by atoms with Crippen LogP contribution in [0.5, 0.6) is 0 Å². The SMILES string of the molecule is OCN1C2C3N(CO)C1C1N(CO)C(C(N1CO)N3CO)N2CO. The Morgan fingerprint density at radius 1 is 0.333 bits per heavy atom. The topological polar surface area (TPSA) is 141 Å². The van der Waals surface area contributed by atoms with Gasteiger partial charge in [0.05, 0.1) is 77.4 Å². The number of rotatable bonds is 6. The molecule has 6 N–H and O–H groups in total. The van der Waals surface area contributed by atoms with Crippen molar-refractivity contribution >= 4 is 0 Å². The van der Waals surface area contributed by atoms with Gasteiger partial charge >= 0.3 is 0 Å². The number of hydrogen-bond donors (Lipinski definition) is 6. The Balaban J connectivity index is 1.92. The van der Waals surface area contributed by atoms with E-state index >= 15 is 0 Å². The molecule has 0 saturated carbocycles. The largest absolute Gasteiger partial charge is 0.381 e. The first-order chi connectivity index (χ1) is 11.7. The lowest BCUT2D eigenvalue weighted by Gasteiger charge is -2.54. The van der Waals surface area contributed by atoms with Gasteiger partial charge in [-0.25, -0.2) is 29.4 Å². The minimum atomic E-state index is -0.519. The summed E-state index contributed by atoms with van der Waals surface area (Å²) in [6, 6.07) is 0. The first kappa shape index (κ1) is 17.0. The van der Waals surface area contributed by atoms with Gasteiger partial charge in [0, 0.05) is 0 Å². The standard InChI is InChI=1S/C12H24N6O6/c19-1-13-7-8-14(2-20)11(13)12-15(3-21)9(17(7)5-23)10(16(12)4-22)18(8)6-24/h7-12,19-24H,1-6H2. The molecule has 5 heterocycles. The van der Waals surface area contributed by atoms with Gasteiger partial charge in [0.1, 0.15) is 0 Å². The quantitative estimate of drug-likeness (QED) is 0.273. The van der Waals surface area contributed by atoms with Crippen LogP contribution >= 0.6 is 0 Å². The molecular weight excluding hydrogens is 324 g/mol. The van der Waals surface area contributed by atoms with E-state index in [9.17, 15) is 30.6 Å². The second kappa shape index (κ2) is 6.05. The molecule has 138 valence electrons. The predicted octanol–water partition coefficient (Wildman–Crippen LogP) is -5.49. The van der Waals surface area contributed by atoms with Crippen LogP contribution < -0.4 is 0 Å². The molecule has 5 saturated heterocycles. The fourth-order valence-electron chi connectivity index (χ4n) is 5.14. The molecule has 24 heavy (non-hydrogen) atoms. The first-order valence-electron chi connectivity index (χ1n) is 7.89. The summed E-state index contributed by atoms with van der Waals surface area (Å²) < 4.78 is 0. The van der Waals surface area contributed by atoms with Gasteiger partial charge in [-0.05, 0) is 0 Å². The third-order valence-electron chi connectivity index (χ3n) is 5.86. The van der Waals surface area contributed by atoms with Crippen molar-refractivity contribution in [3.63, 3.8) is 0 Å². The highest BCUT2D eigenvalue weighted by Crippen LogP contribution is 2.50. The van der Waals surface area contributed by atoms with E-state index in [0.29, 0.717) is 0 Å². The van der Waals surface area contributed by atoms with Gasteiger partial charge in [-0.2, -0.15) is 0 Å². The highest BCUT2D eigenvalue weighted by Gasteiger charge is 2.71. The lowest BCUT2D eigenvalue weighted by molar-refractivity contribution is -0.208. The molecule has 0 aromatic heterocycles. The summed E-state index contributed by atoms with van der Waals surface area (Å²) in [6.45, 7) is -1.97. The van der Waals surface area contributed by atoms with Gasteiger partial charge in [-0.3, -0.25) is 0 Å². The highest BCUT2D eigenvalue weighted by atomic mass is 16.3. The second-order valence-electron chi connectivity index (χ2n) is 6.42. The maximum absolute atomic E-state index is 9.96. The van der Waals surface area contributed by atoms with Gasteiger partial charge in [-0.1, -0.05) is 0 Å². The molecule has 0 aromatic carbocycles. The molecule has 0 unspecified atom stereocenters. The summed E-state index contributed by atoms with van der Waals surface area (Å²) in [4.78, 5) is 10.2. The Labute approximate surface area is 138 Å². The van der Waals surface area contributed by atoms with Crippen LogP contribution in [0, 0.1) is 0 Å². The van der Waals surface area contributed by atoms with Gasteiger partial charge < -0.3 is 30.6 Å². The zero-order valence-electron chi connectivity index (χ0n) is 13.1. The Bertz CT molecular complexity index is 411. The van der Waals surface area contributed by atoms with Gasteiger partial charge in [0.25, 0.3) is 0 Å². The molecule has 12 nitrogen and oxygen atoms in total. The van der Waals surface area contributed by atoms with E-state index in [1.807, 2.05) is 0 Å². The molecule has 0 radical (unpaired) electrons. The van der Waals surface area contributed by atoms with Gasteiger partial charge in [0.2, 0.25) is 0 Å². The molecule has 5 rings (SSSR count). The Morgan fingerprint density at radius 2 is 0.458 bits per heavy atom. The fourth-order valence-corrected chi connectivity index (χ4v) is 5.14. The van der Waals surface area contributed by atoms with Crippen molar-refractivity contribution in [1.29, 1.82) is 0 Å². The molecule has 5 fully saturated rings. The molecule has 6 bridgehead atoms. The molecule has 0 aromatic rings. The third-order valence-corrected chi connectivity index (χ3v) is 5.86. The second-order valence-corrected chi connectivity index (χ2v) is 6.42. The van der Waals surface area contributed by atoms with Crippen LogP contribution in [-0.2, 0) is 0 Å². The third kappa shape index (κ3) is 1.77. The summed E-state index contributed by atoms with van der Waals surface area (Å²) in [7, 11) is 0. The minimum Gasteiger partial charge on any atom is -0.381 e. The van der Waals surface area contributed by atoms with E-state index in [1.165, 1.54) is 0 Å². The molecule has 12 heteroatoms. The van der Waals surface area contributed by atoms with Crippen LogP contribution in [0.1, 0.15) is 0 Å². The zero-order chi connectivity index (χ0) is 17.2. The average Bonchev–Trinajstić information content (AvgIpc) is 3.03. The van der Waals surface area contributed by atoms with E-state index in [0.717, 1.165) is 0 Å². The summed E-state index contributed by atoms with van der Waals surface area (Å²) >= 11 is 0. The van der Waals surface area contributed by atoms with Crippen molar-refractivity contribution in [1.82, 2.24) is 29.4 Å². The lowest BCUT2D eigenvalue weighted by atomic mass is 10.1. The molecule has 0 spiro atoms. The molecule has 0 aliphatic carbocycles. The van der Waals surface area contributed by atoms with Crippen LogP contribution in [0.25, 0.3) is 0 Å². The number of nitrogens with zero attached hydrogens (tertiary/aromatic N) is 6. The lowest BCUT2D eigenvalue weighted by Crippen LogP contribution is -2.74. The Hall–Kier alpha value is -0.480. The first-order valence-corrected chi connectivity index (χ1v) is 7.89. The van der Waals surface area contributed by atoms with Crippen molar-refractivity contribution in [2.45, 2.75) is 37.0 Å². The van der Waals surface area contributed by atoms with E-state index < -0.39 is 37.0 Å². The van der Waals surface area contributed by atoms with Gasteiger partial charge in [0.15, 0.2) is 0 Å². The van der Waals surface area contributed by atoms with Crippen molar-refractivity contribution < 1.29 is 30.6 Å². The summed E-state index contributed by atoms with van der Waals surface area (Å²) in [5.74, 6) is 0. The molecule has 0 atom stereocenters. The maximum Gasteiger partial charge on any atom is 0.0987 e. The predicted molar refractivity (Wildman–Crippen MR) is 76.3 cm³/mol. The van der Waals surface area contributed by atoms with E-state index in [1.54, 1.807) is 29.4 Å². The number of piperazine rings is 1.